The molecule has 0 saturated carbocycles. The number of thiophene rings is 1. The van der Waals surface area contributed by atoms with E-state index in [0.29, 0.717) is 16.4 Å². The van der Waals surface area contributed by atoms with Crippen molar-refractivity contribution in [2.75, 3.05) is 38.8 Å². The van der Waals surface area contributed by atoms with Crippen molar-refractivity contribution in [2.45, 2.75) is 26.3 Å². The predicted octanol–water partition coefficient (Wildman–Crippen LogP) is 2.07. The molecular weight excluding hydrogens is 290 g/mol. The smallest absolute Gasteiger partial charge is 0.343 e. The highest BCUT2D eigenvalue weighted by molar-refractivity contribution is 7.19. The topological polar surface area (TPSA) is 84.7 Å². The molecule has 0 aromatic carbocycles. The van der Waals surface area contributed by atoms with E-state index in [0.717, 1.165) is 0 Å². The Bertz CT molecular complexity index is 550. The zero-order chi connectivity index (χ0) is 16.4. The Labute approximate surface area is 129 Å². The average molecular weight is 313 g/mol. The summed E-state index contributed by atoms with van der Waals surface area (Å²) in [6.45, 7) is 6.17. The van der Waals surface area contributed by atoms with Crippen LogP contribution in [0, 0.1) is 0 Å². The van der Waals surface area contributed by atoms with E-state index in [4.69, 9.17) is 10.5 Å². The Balaban J connectivity index is 3.14. The number of hydrogen-bond acceptors (Lipinski definition) is 7. The first-order valence-electron chi connectivity index (χ1n) is 6.54. The van der Waals surface area contributed by atoms with Gasteiger partial charge in [0.1, 0.15) is 10.6 Å². The highest BCUT2D eigenvalue weighted by Gasteiger charge is 2.27. The van der Waals surface area contributed by atoms with Gasteiger partial charge in [-0.2, -0.15) is 0 Å². The van der Waals surface area contributed by atoms with E-state index in [2.05, 4.69) is 24.1 Å². The lowest BCUT2D eigenvalue weighted by molar-refractivity contribution is 0.0603. The van der Waals surface area contributed by atoms with Gasteiger partial charge >= 0.3 is 5.97 Å². The summed E-state index contributed by atoms with van der Waals surface area (Å²) in [7, 11) is 5.25. The normalized spacial score (nSPS) is 11.6. The highest BCUT2D eigenvalue weighted by atomic mass is 32.1. The second-order valence-corrected chi connectivity index (χ2v) is 6.68. The van der Waals surface area contributed by atoms with Gasteiger partial charge in [-0.1, -0.05) is 0 Å². The van der Waals surface area contributed by atoms with Crippen LogP contribution in [0.15, 0.2) is 0 Å². The largest absolute Gasteiger partial charge is 0.465 e. The van der Waals surface area contributed by atoms with Crippen LogP contribution in [0.5, 0.6) is 0 Å². The molecule has 0 spiro atoms. The summed E-state index contributed by atoms with van der Waals surface area (Å²) in [5.74, 6) is -0.705. The van der Waals surface area contributed by atoms with Gasteiger partial charge in [0.2, 0.25) is 0 Å². The molecule has 0 unspecified atom stereocenters. The van der Waals surface area contributed by atoms with Gasteiger partial charge in [0.25, 0.3) is 0 Å². The minimum atomic E-state index is -0.540. The molecule has 118 valence electrons. The lowest BCUT2D eigenvalue weighted by Gasteiger charge is -2.32. The van der Waals surface area contributed by atoms with E-state index in [1.165, 1.54) is 25.4 Å². The molecular formula is C14H23N3O3S. The zero-order valence-corrected chi connectivity index (χ0v) is 14.2. The number of Topliss-reactive ketones (excluding diaryl/α,β-unsaturated/α-hetero) is 1. The third-order valence-electron chi connectivity index (χ3n) is 3.55. The Morgan fingerprint density at radius 2 is 1.95 bits per heavy atom. The van der Waals surface area contributed by atoms with Gasteiger partial charge in [0, 0.05) is 19.0 Å². The molecule has 0 radical (unpaired) electrons. The Morgan fingerprint density at radius 3 is 2.38 bits per heavy atom. The number of nitrogens with two attached hydrogens (primary N) is 1. The van der Waals surface area contributed by atoms with Crippen LogP contribution in [-0.4, -0.2) is 49.9 Å². The molecule has 7 heteroatoms. The average Bonchev–Trinajstić information content (AvgIpc) is 2.72. The van der Waals surface area contributed by atoms with Crippen molar-refractivity contribution in [3.05, 3.63) is 10.4 Å². The van der Waals surface area contributed by atoms with Crippen molar-refractivity contribution in [1.82, 2.24) is 4.90 Å². The maximum atomic E-state index is 11.9. The van der Waals surface area contributed by atoms with E-state index < -0.39 is 5.97 Å². The highest BCUT2D eigenvalue weighted by Crippen LogP contribution is 2.36. The molecule has 0 aliphatic rings. The number of ketones is 1. The van der Waals surface area contributed by atoms with Crippen LogP contribution >= 0.6 is 11.3 Å². The molecule has 1 aromatic rings. The minimum Gasteiger partial charge on any atom is -0.465 e. The molecule has 0 aliphatic carbocycles. The summed E-state index contributed by atoms with van der Waals surface area (Å²) >= 11 is 1.19. The monoisotopic (exact) mass is 313 g/mol. The van der Waals surface area contributed by atoms with Crippen LogP contribution in [-0.2, 0) is 4.74 Å². The number of hydrogen-bond donors (Lipinski definition) is 2. The number of nitrogen functional groups attached to an aromatic ring is 1. The number of esters is 1. The van der Waals surface area contributed by atoms with Crippen molar-refractivity contribution < 1.29 is 14.3 Å². The number of nitrogens with one attached hydrogen (secondary N) is 1. The molecule has 3 N–H and O–H groups in total. The van der Waals surface area contributed by atoms with Crippen LogP contribution in [0.25, 0.3) is 0 Å². The van der Waals surface area contributed by atoms with E-state index in [1.807, 2.05) is 14.1 Å². The lowest BCUT2D eigenvalue weighted by atomic mass is 10.0. The minimum absolute atomic E-state index is 0.122. The van der Waals surface area contributed by atoms with Crippen molar-refractivity contribution >= 4 is 33.8 Å². The third kappa shape index (κ3) is 3.74. The molecule has 0 aliphatic heterocycles. The third-order valence-corrected chi connectivity index (χ3v) is 4.81. The number of anilines is 2. The second kappa shape index (κ2) is 6.44. The van der Waals surface area contributed by atoms with E-state index in [9.17, 15) is 9.59 Å². The van der Waals surface area contributed by atoms with Crippen molar-refractivity contribution in [3.63, 3.8) is 0 Å². The number of likely N-dealkylation sites (N-methyl/N-ethyl adjacent to an activating group) is 1. The second-order valence-electron chi connectivity index (χ2n) is 5.66. The molecule has 1 rings (SSSR count). The first-order chi connectivity index (χ1) is 9.61. The number of rotatable bonds is 6. The van der Waals surface area contributed by atoms with E-state index in [1.54, 1.807) is 0 Å². The fraction of sp³-hybridized carbons (Fsp3) is 0.571. The predicted molar refractivity (Wildman–Crippen MR) is 86.3 cm³/mol. The van der Waals surface area contributed by atoms with Gasteiger partial charge in [0.05, 0.1) is 17.7 Å². The van der Waals surface area contributed by atoms with Gasteiger partial charge in [-0.15, -0.1) is 11.3 Å². The summed E-state index contributed by atoms with van der Waals surface area (Å²) in [6.07, 6.45) is 0. The summed E-state index contributed by atoms with van der Waals surface area (Å²) in [4.78, 5) is 25.9. The number of nitrogens with zero attached hydrogens (tertiary/aromatic N) is 1. The molecule has 0 bridgehead atoms. The Hall–Kier alpha value is -1.60. The summed E-state index contributed by atoms with van der Waals surface area (Å²) in [5, 5.41) is 3.78. The molecule has 21 heavy (non-hydrogen) atoms. The summed E-state index contributed by atoms with van der Waals surface area (Å²) < 4.78 is 4.76. The maximum Gasteiger partial charge on any atom is 0.343 e. The van der Waals surface area contributed by atoms with Crippen LogP contribution in [0.1, 0.15) is 40.8 Å². The van der Waals surface area contributed by atoms with Gasteiger partial charge in [0.15, 0.2) is 5.78 Å². The first-order valence-corrected chi connectivity index (χ1v) is 7.36. The van der Waals surface area contributed by atoms with Gasteiger partial charge in [-0.05, 0) is 27.9 Å². The van der Waals surface area contributed by atoms with Crippen LogP contribution in [0.4, 0.5) is 10.7 Å². The fourth-order valence-corrected chi connectivity index (χ4v) is 2.59. The quantitative estimate of drug-likeness (QED) is 0.618. The summed E-state index contributed by atoms with van der Waals surface area (Å²) in [6, 6.07) is 0. The van der Waals surface area contributed by atoms with Crippen molar-refractivity contribution in [3.8, 4) is 0 Å². The van der Waals surface area contributed by atoms with Crippen molar-refractivity contribution in [2.24, 2.45) is 0 Å². The van der Waals surface area contributed by atoms with E-state index in [-0.39, 0.29) is 22.6 Å². The Kier molecular flexibility index (Phi) is 5.36. The van der Waals surface area contributed by atoms with Gasteiger partial charge < -0.3 is 20.7 Å². The molecule has 1 aromatic heterocycles. The van der Waals surface area contributed by atoms with Crippen LogP contribution in [0.3, 0.4) is 0 Å². The van der Waals surface area contributed by atoms with Crippen LogP contribution < -0.4 is 11.1 Å². The van der Waals surface area contributed by atoms with E-state index >= 15 is 0 Å². The first kappa shape index (κ1) is 17.5. The summed E-state index contributed by atoms with van der Waals surface area (Å²) in [5.41, 5.74) is 6.22. The van der Waals surface area contributed by atoms with Crippen LogP contribution in [0.2, 0.25) is 0 Å². The SMILES string of the molecule is COC(=O)c1c(NCC(C)(C)N(C)C)sc(C(C)=O)c1N. The lowest BCUT2D eigenvalue weighted by Crippen LogP contribution is -2.44. The number of ether oxygens (including phenoxy) is 1. The molecule has 0 atom stereocenters. The standard InChI is InChI=1S/C14H23N3O3S/c1-8(18)11-10(15)9(13(19)20-6)12(21-11)16-7-14(2,3)17(4)5/h16H,7,15H2,1-6H3. The van der Waals surface area contributed by atoms with Crippen molar-refractivity contribution in [1.29, 1.82) is 0 Å². The zero-order valence-electron chi connectivity index (χ0n) is 13.4. The Morgan fingerprint density at radius 1 is 1.38 bits per heavy atom. The van der Waals surface area contributed by atoms with Gasteiger partial charge in [-0.25, -0.2) is 4.79 Å². The molecule has 0 fully saturated rings. The number of carbonyl (C=O) groups excluding carboxylic acids is 2. The number of methoxy groups -OCH3 is 1. The molecule has 1 heterocycles. The van der Waals surface area contributed by atoms with Gasteiger partial charge in [-0.3, -0.25) is 4.79 Å². The maximum absolute atomic E-state index is 11.9. The molecule has 0 saturated heterocycles. The molecule has 6 nitrogen and oxygen atoms in total. The number of carbonyl (C=O) groups is 2. The molecule has 0 amide bonds. The fourth-order valence-electron chi connectivity index (χ4n) is 1.59.